The summed E-state index contributed by atoms with van der Waals surface area (Å²) in [6, 6.07) is 20.2. The Morgan fingerprint density at radius 1 is 0.615 bits per heavy atom. The van der Waals surface area contributed by atoms with Crippen LogP contribution in [0.4, 0.5) is 0 Å². The Morgan fingerprint density at radius 2 is 1.31 bits per heavy atom. The lowest BCUT2D eigenvalue weighted by atomic mass is 10.1. The van der Waals surface area contributed by atoms with Crippen molar-refractivity contribution in [1.82, 2.24) is 19.9 Å². The van der Waals surface area contributed by atoms with E-state index in [0.717, 1.165) is 28.1 Å². The van der Waals surface area contributed by atoms with Gasteiger partial charge in [-0.1, -0.05) is 60.2 Å². The van der Waals surface area contributed by atoms with E-state index >= 15 is 0 Å². The van der Waals surface area contributed by atoms with E-state index in [1.165, 1.54) is 5.56 Å². The van der Waals surface area contributed by atoms with Gasteiger partial charge in [-0.25, -0.2) is 19.9 Å². The molecule has 0 N–H and O–H groups in total. The highest BCUT2D eigenvalue weighted by Crippen LogP contribution is 2.23. The first-order valence-electron chi connectivity index (χ1n) is 8.49. The Hall–Kier alpha value is -3.40. The summed E-state index contributed by atoms with van der Waals surface area (Å²) in [6.45, 7) is 4.05. The highest BCUT2D eigenvalue weighted by Gasteiger charge is 2.09. The number of hydrogen-bond donors (Lipinski definition) is 0. The highest BCUT2D eigenvalue weighted by atomic mass is 14.9. The summed E-state index contributed by atoms with van der Waals surface area (Å²) < 4.78 is 0. The molecule has 0 saturated heterocycles. The second-order valence-electron chi connectivity index (χ2n) is 6.25. The van der Waals surface area contributed by atoms with Gasteiger partial charge in [-0.05, 0) is 19.9 Å². The van der Waals surface area contributed by atoms with Crippen LogP contribution in [0.25, 0.3) is 34.0 Å². The van der Waals surface area contributed by atoms with Crippen molar-refractivity contribution in [3.63, 3.8) is 0 Å². The average molecular weight is 338 g/mol. The van der Waals surface area contributed by atoms with E-state index in [9.17, 15) is 0 Å². The minimum Gasteiger partial charge on any atom is -0.236 e. The molecule has 126 valence electrons. The molecule has 0 radical (unpaired) electrons. The third-order valence-electron chi connectivity index (χ3n) is 4.14. The molecule has 4 heteroatoms. The maximum Gasteiger partial charge on any atom is 0.163 e. The summed E-state index contributed by atoms with van der Waals surface area (Å²) in [7, 11) is 0. The molecule has 0 aliphatic heterocycles. The van der Waals surface area contributed by atoms with Crippen molar-refractivity contribution < 1.29 is 0 Å². The van der Waals surface area contributed by atoms with Crippen LogP contribution in [0.3, 0.4) is 0 Å². The lowest BCUT2D eigenvalue weighted by molar-refractivity contribution is 1.09. The second kappa shape index (κ2) is 6.84. The smallest absolute Gasteiger partial charge is 0.163 e. The minimum atomic E-state index is 0.639. The van der Waals surface area contributed by atoms with Crippen LogP contribution >= 0.6 is 0 Å². The zero-order valence-corrected chi connectivity index (χ0v) is 14.7. The van der Waals surface area contributed by atoms with Gasteiger partial charge in [0, 0.05) is 29.2 Å². The lowest BCUT2D eigenvalue weighted by Gasteiger charge is -2.07. The van der Waals surface area contributed by atoms with E-state index in [4.69, 9.17) is 4.98 Å². The van der Waals surface area contributed by atoms with E-state index < -0.39 is 0 Å². The Balaban J connectivity index is 1.70. The molecule has 0 aliphatic rings. The third kappa shape index (κ3) is 3.35. The van der Waals surface area contributed by atoms with Crippen molar-refractivity contribution in [3.05, 3.63) is 84.3 Å². The summed E-state index contributed by atoms with van der Waals surface area (Å²) in [6.07, 6.45) is 3.56. The Kier molecular flexibility index (Phi) is 4.23. The van der Waals surface area contributed by atoms with Crippen molar-refractivity contribution in [3.8, 4) is 34.0 Å². The van der Waals surface area contributed by atoms with Crippen LogP contribution < -0.4 is 0 Å². The fourth-order valence-electron chi connectivity index (χ4n) is 2.75. The fourth-order valence-corrected chi connectivity index (χ4v) is 2.75. The minimum absolute atomic E-state index is 0.639. The van der Waals surface area contributed by atoms with Crippen molar-refractivity contribution in [2.45, 2.75) is 13.8 Å². The summed E-state index contributed by atoms with van der Waals surface area (Å²) in [5, 5.41) is 0. The number of rotatable bonds is 3. The predicted molar refractivity (Wildman–Crippen MR) is 103 cm³/mol. The Morgan fingerprint density at radius 3 is 2.00 bits per heavy atom. The van der Waals surface area contributed by atoms with E-state index in [1.54, 1.807) is 12.4 Å². The first-order valence-corrected chi connectivity index (χ1v) is 8.49. The molecule has 4 rings (SSSR count). The number of aryl methyl sites for hydroxylation is 2. The molecule has 2 heterocycles. The zero-order chi connectivity index (χ0) is 17.9. The average Bonchev–Trinajstić information content (AvgIpc) is 2.69. The second-order valence-corrected chi connectivity index (χ2v) is 6.25. The van der Waals surface area contributed by atoms with Crippen molar-refractivity contribution in [2.75, 3.05) is 0 Å². The molecule has 0 bridgehead atoms. The summed E-state index contributed by atoms with van der Waals surface area (Å²) in [4.78, 5) is 18.2. The van der Waals surface area contributed by atoms with Crippen LogP contribution in [0, 0.1) is 13.8 Å². The van der Waals surface area contributed by atoms with E-state index in [-0.39, 0.29) is 0 Å². The molecule has 26 heavy (non-hydrogen) atoms. The van der Waals surface area contributed by atoms with Gasteiger partial charge >= 0.3 is 0 Å². The van der Waals surface area contributed by atoms with Gasteiger partial charge in [-0.3, -0.25) is 0 Å². The van der Waals surface area contributed by atoms with Gasteiger partial charge in [0.25, 0.3) is 0 Å². The Bertz CT molecular complexity index is 1020. The molecule has 0 aliphatic carbocycles. The van der Waals surface area contributed by atoms with Crippen molar-refractivity contribution in [2.24, 2.45) is 0 Å². The Labute approximate surface area is 152 Å². The first-order chi connectivity index (χ1) is 12.7. The van der Waals surface area contributed by atoms with Crippen LogP contribution in [-0.2, 0) is 0 Å². The molecule has 0 saturated carbocycles. The van der Waals surface area contributed by atoms with Gasteiger partial charge in [-0.15, -0.1) is 0 Å². The van der Waals surface area contributed by atoms with Crippen LogP contribution in [0.5, 0.6) is 0 Å². The molecule has 0 fully saturated rings. The standard InChI is InChI=1S/C22H18N4/c1-15-8-10-17(11-9-15)20-12-16(2)25-22(26-20)19-13-23-21(24-14-19)18-6-4-3-5-7-18/h3-14H,1-2H3. The number of nitrogens with zero attached hydrogens (tertiary/aromatic N) is 4. The first kappa shape index (κ1) is 16.1. The SMILES string of the molecule is Cc1ccc(-c2cc(C)nc(-c3cnc(-c4ccccc4)nc3)n2)cc1. The molecule has 2 aromatic heterocycles. The molecule has 0 atom stereocenters. The van der Waals surface area contributed by atoms with Gasteiger partial charge in [0.2, 0.25) is 0 Å². The highest BCUT2D eigenvalue weighted by molar-refractivity contribution is 5.64. The molecular formula is C22H18N4. The van der Waals surface area contributed by atoms with Crippen LogP contribution in [0.1, 0.15) is 11.3 Å². The number of hydrogen-bond acceptors (Lipinski definition) is 4. The zero-order valence-electron chi connectivity index (χ0n) is 14.7. The van der Waals surface area contributed by atoms with Crippen LogP contribution in [0.15, 0.2) is 73.1 Å². The summed E-state index contributed by atoms with van der Waals surface area (Å²) in [5.74, 6) is 1.33. The lowest BCUT2D eigenvalue weighted by Crippen LogP contribution is -1.97. The molecule has 4 aromatic rings. The van der Waals surface area contributed by atoms with Crippen LogP contribution in [0.2, 0.25) is 0 Å². The van der Waals surface area contributed by atoms with Gasteiger partial charge in [0.15, 0.2) is 11.6 Å². The molecule has 4 nitrogen and oxygen atoms in total. The van der Waals surface area contributed by atoms with Gasteiger partial charge in [-0.2, -0.15) is 0 Å². The fraction of sp³-hybridized carbons (Fsp3) is 0.0909. The molecule has 0 unspecified atom stereocenters. The number of benzene rings is 2. The van der Waals surface area contributed by atoms with Gasteiger partial charge < -0.3 is 0 Å². The maximum atomic E-state index is 4.72. The normalized spacial score (nSPS) is 10.7. The summed E-state index contributed by atoms with van der Waals surface area (Å²) in [5.41, 5.74) is 5.91. The predicted octanol–water partition coefficient (Wildman–Crippen LogP) is 4.88. The van der Waals surface area contributed by atoms with Gasteiger partial charge in [0.1, 0.15) is 0 Å². The van der Waals surface area contributed by atoms with Crippen molar-refractivity contribution in [1.29, 1.82) is 0 Å². The van der Waals surface area contributed by atoms with Crippen LogP contribution in [-0.4, -0.2) is 19.9 Å². The maximum absolute atomic E-state index is 4.72. The number of aromatic nitrogens is 4. The van der Waals surface area contributed by atoms with E-state index in [1.807, 2.05) is 43.3 Å². The largest absolute Gasteiger partial charge is 0.236 e. The summed E-state index contributed by atoms with van der Waals surface area (Å²) >= 11 is 0. The third-order valence-corrected chi connectivity index (χ3v) is 4.14. The monoisotopic (exact) mass is 338 g/mol. The van der Waals surface area contributed by atoms with Gasteiger partial charge in [0.05, 0.1) is 11.3 Å². The molecule has 0 amide bonds. The van der Waals surface area contributed by atoms with E-state index in [2.05, 4.69) is 46.1 Å². The quantitative estimate of drug-likeness (QED) is 0.534. The molecule has 2 aromatic carbocycles. The van der Waals surface area contributed by atoms with Crippen molar-refractivity contribution >= 4 is 0 Å². The van der Waals surface area contributed by atoms with E-state index in [0.29, 0.717) is 11.6 Å². The topological polar surface area (TPSA) is 51.6 Å². The molecular weight excluding hydrogens is 320 g/mol. The molecule has 0 spiro atoms.